The lowest BCUT2D eigenvalue weighted by atomic mass is 10.1. The molecule has 0 radical (unpaired) electrons. The molecule has 1 fully saturated rings. The van der Waals surface area contributed by atoms with Gasteiger partial charge >= 0.3 is 12.1 Å². The van der Waals surface area contributed by atoms with Crippen molar-refractivity contribution >= 4 is 35.1 Å². The van der Waals surface area contributed by atoms with Gasteiger partial charge in [0.1, 0.15) is 53.2 Å². The molecule has 4 aromatic carbocycles. The molecule has 1 aromatic heterocycles. The maximum absolute atomic E-state index is 12.0. The number of hydrogen-bond donors (Lipinski definition) is 2. The fraction of sp³-hybridized carbons (Fsp3) is 0.444. The van der Waals surface area contributed by atoms with Crippen molar-refractivity contribution in [3.8, 4) is 23.0 Å². The van der Waals surface area contributed by atoms with Gasteiger partial charge in [-0.1, -0.05) is 48.0 Å². The van der Waals surface area contributed by atoms with E-state index in [1.807, 2.05) is 82.3 Å². The molecule has 0 saturated carbocycles. The average molecular weight is 962 g/mol. The number of anilines is 4. The first-order chi connectivity index (χ1) is 33.9. The van der Waals surface area contributed by atoms with E-state index in [-0.39, 0.29) is 5.97 Å². The van der Waals surface area contributed by atoms with Crippen LogP contribution in [0.15, 0.2) is 97.3 Å². The highest BCUT2D eigenvalue weighted by Gasteiger charge is 2.23. The molecule has 1 amide bonds. The van der Waals surface area contributed by atoms with E-state index < -0.39 is 11.7 Å². The van der Waals surface area contributed by atoms with Crippen molar-refractivity contribution in [1.29, 1.82) is 0 Å². The molecule has 16 heteroatoms. The topological polar surface area (TPSA) is 158 Å². The molecule has 2 heterocycles. The number of alkyl carbamates (subject to hydrolysis) is 1. The number of nitrogens with zero attached hydrogens (tertiary/aromatic N) is 5. The second-order valence-corrected chi connectivity index (χ2v) is 18.1. The first-order valence-electron chi connectivity index (χ1n) is 24.1. The molecule has 376 valence electrons. The van der Waals surface area contributed by atoms with Gasteiger partial charge in [-0.05, 0) is 89.3 Å². The molecular formula is C54H71N7O9. The van der Waals surface area contributed by atoms with Crippen LogP contribution in [0, 0.1) is 6.92 Å². The lowest BCUT2D eigenvalue weighted by molar-refractivity contribution is -0.144. The Morgan fingerprint density at radius 3 is 2.21 bits per heavy atom. The Balaban J connectivity index is 1.16. The highest BCUT2D eigenvalue weighted by molar-refractivity contribution is 5.71. The smallest absolute Gasteiger partial charge is 0.407 e. The number of carbonyl (C=O) groups excluding carboxylic acids is 2. The van der Waals surface area contributed by atoms with Crippen molar-refractivity contribution in [3.05, 3.63) is 120 Å². The highest BCUT2D eigenvalue weighted by atomic mass is 16.6. The number of unbranched alkanes of at least 4 members (excludes halogenated alkanes) is 2. The first kappa shape index (κ1) is 52.7. The van der Waals surface area contributed by atoms with Gasteiger partial charge in [0.15, 0.2) is 0 Å². The fourth-order valence-corrected chi connectivity index (χ4v) is 7.81. The van der Waals surface area contributed by atoms with E-state index in [1.54, 1.807) is 20.5 Å². The number of methoxy groups -OCH3 is 2. The minimum Gasteiger partial charge on any atom is -0.496 e. The van der Waals surface area contributed by atoms with Gasteiger partial charge < -0.3 is 48.7 Å². The summed E-state index contributed by atoms with van der Waals surface area (Å²) < 4.78 is 40.8. The number of hydrogen-bond acceptors (Lipinski definition) is 15. The summed E-state index contributed by atoms with van der Waals surface area (Å²) in [5, 5.41) is 6.33. The fourth-order valence-electron chi connectivity index (χ4n) is 7.81. The maximum Gasteiger partial charge on any atom is 0.407 e. The first-order valence-corrected chi connectivity index (χ1v) is 24.1. The number of benzene rings is 4. The Morgan fingerprint density at radius 2 is 1.49 bits per heavy atom. The molecule has 0 unspecified atom stereocenters. The predicted molar refractivity (Wildman–Crippen MR) is 272 cm³/mol. The van der Waals surface area contributed by atoms with E-state index in [9.17, 15) is 9.59 Å². The largest absolute Gasteiger partial charge is 0.496 e. The number of aromatic nitrogens is 2. The van der Waals surface area contributed by atoms with Crippen LogP contribution in [-0.4, -0.2) is 117 Å². The third kappa shape index (κ3) is 17.4. The molecule has 2 N–H and O–H groups in total. The zero-order valence-corrected chi connectivity index (χ0v) is 42.0. The molecule has 6 rings (SSSR count). The van der Waals surface area contributed by atoms with Gasteiger partial charge in [0.25, 0.3) is 0 Å². The molecule has 0 atom stereocenters. The van der Waals surface area contributed by atoms with Crippen LogP contribution in [0.3, 0.4) is 0 Å². The number of aryl methyl sites for hydroxylation is 1. The number of esters is 1. The molecule has 0 aliphatic carbocycles. The molecule has 0 bridgehead atoms. The predicted octanol–water partition coefficient (Wildman–Crippen LogP) is 9.23. The van der Waals surface area contributed by atoms with E-state index in [4.69, 9.17) is 38.1 Å². The van der Waals surface area contributed by atoms with Crippen molar-refractivity contribution in [2.75, 3.05) is 90.1 Å². The van der Waals surface area contributed by atoms with Gasteiger partial charge in [0.05, 0.1) is 59.3 Å². The van der Waals surface area contributed by atoms with Crippen LogP contribution in [0.2, 0.25) is 0 Å². The Hall–Kier alpha value is -6.62. The van der Waals surface area contributed by atoms with E-state index in [0.29, 0.717) is 87.3 Å². The lowest BCUT2D eigenvalue weighted by Gasteiger charge is -2.34. The molecule has 16 nitrogen and oxygen atoms in total. The molecule has 5 aromatic rings. The van der Waals surface area contributed by atoms with Gasteiger partial charge in [0.2, 0.25) is 0 Å². The summed E-state index contributed by atoms with van der Waals surface area (Å²) in [6.07, 6.45) is 3.62. The van der Waals surface area contributed by atoms with Crippen LogP contribution in [0.5, 0.6) is 23.0 Å². The molecule has 1 saturated heterocycles. The third-order valence-corrected chi connectivity index (χ3v) is 11.3. The van der Waals surface area contributed by atoms with E-state index in [1.165, 1.54) is 5.56 Å². The summed E-state index contributed by atoms with van der Waals surface area (Å²) in [4.78, 5) is 40.1. The summed E-state index contributed by atoms with van der Waals surface area (Å²) >= 11 is 0. The molecule has 1 aliphatic rings. The molecular weight excluding hydrogens is 891 g/mol. The minimum atomic E-state index is -0.536. The quantitative estimate of drug-likeness (QED) is 0.0399. The number of rotatable bonds is 26. The van der Waals surface area contributed by atoms with Crippen LogP contribution in [-0.2, 0) is 38.7 Å². The number of nitrogens with one attached hydrogen (secondary N) is 2. The number of ether oxygens (including phenoxy) is 7. The summed E-state index contributed by atoms with van der Waals surface area (Å²) in [6.45, 7) is 16.9. The summed E-state index contributed by atoms with van der Waals surface area (Å²) in [5.74, 6) is 3.51. The van der Waals surface area contributed by atoms with E-state index in [2.05, 4.69) is 73.6 Å². The summed E-state index contributed by atoms with van der Waals surface area (Å²) in [6, 6.07) is 30.2. The molecule has 0 spiro atoms. The van der Waals surface area contributed by atoms with Crippen molar-refractivity contribution in [1.82, 2.24) is 25.1 Å². The van der Waals surface area contributed by atoms with Crippen LogP contribution >= 0.6 is 0 Å². The highest BCUT2D eigenvalue weighted by Crippen LogP contribution is 2.39. The standard InChI is InChI=1S/C54H71N7O9/c1-8-67-52(62)37-60-25-23-59(24-26-60)35-42-14-12-15-43(30-42)58-50-34-51(57-39-56-50)61(44-16-13-17-45(31-44)68-27-11-9-10-22-55-53(63)70-54(3,4)5)36-47-48(64-6)32-46(33-49(47)65-7)69-29-28-66-38-41-20-18-40(2)19-21-41/h12-21,30-34,39H,8-11,22-29,35-38H2,1-7H3,(H,55,63)(H,56,57,58). The van der Waals surface area contributed by atoms with Crippen molar-refractivity contribution in [2.24, 2.45) is 0 Å². The minimum absolute atomic E-state index is 0.176. The van der Waals surface area contributed by atoms with Crippen LogP contribution in [0.1, 0.15) is 69.2 Å². The number of piperazine rings is 1. The van der Waals surface area contributed by atoms with Gasteiger partial charge in [-0.2, -0.15) is 0 Å². The Kier molecular flexibility index (Phi) is 20.3. The monoisotopic (exact) mass is 962 g/mol. The van der Waals surface area contributed by atoms with E-state index in [0.717, 1.165) is 80.1 Å². The number of carbonyl (C=O) groups is 2. The van der Waals surface area contributed by atoms with Crippen molar-refractivity contribution in [2.45, 2.75) is 79.2 Å². The third-order valence-electron chi connectivity index (χ3n) is 11.3. The van der Waals surface area contributed by atoms with Gasteiger partial charge in [-0.25, -0.2) is 14.8 Å². The Bertz CT molecular complexity index is 2380. The number of amides is 1. The van der Waals surface area contributed by atoms with E-state index >= 15 is 0 Å². The van der Waals surface area contributed by atoms with Crippen LogP contribution in [0.25, 0.3) is 0 Å². The van der Waals surface area contributed by atoms with Crippen LogP contribution < -0.4 is 34.5 Å². The summed E-state index contributed by atoms with van der Waals surface area (Å²) in [7, 11) is 3.26. The zero-order valence-electron chi connectivity index (χ0n) is 42.0. The summed E-state index contributed by atoms with van der Waals surface area (Å²) in [5.41, 5.74) is 5.44. The molecule has 70 heavy (non-hydrogen) atoms. The zero-order chi connectivity index (χ0) is 49.7. The molecule has 1 aliphatic heterocycles. The van der Waals surface area contributed by atoms with Crippen molar-refractivity contribution in [3.63, 3.8) is 0 Å². The van der Waals surface area contributed by atoms with Crippen LogP contribution in [0.4, 0.5) is 27.8 Å². The SMILES string of the molecule is CCOC(=O)CN1CCN(Cc2cccc(Nc3cc(N(Cc4c(OC)cc(OCCOCc5ccc(C)cc5)cc4OC)c4cccc(OCCCCCNC(=O)OC(C)(C)C)c4)ncn3)c2)CC1. The average Bonchev–Trinajstić information content (AvgIpc) is 3.34. The second-order valence-electron chi connectivity index (χ2n) is 18.1. The second kappa shape index (κ2) is 27.0. The van der Waals surface area contributed by atoms with Gasteiger partial charge in [-0.3, -0.25) is 14.6 Å². The van der Waals surface area contributed by atoms with Gasteiger partial charge in [-0.15, -0.1) is 0 Å². The maximum atomic E-state index is 12.0. The van der Waals surface area contributed by atoms with Gasteiger partial charge in [0, 0.05) is 74.9 Å². The Labute approximate surface area is 413 Å². The normalized spacial score (nSPS) is 13.0. The lowest BCUT2D eigenvalue weighted by Crippen LogP contribution is -2.47. The Morgan fingerprint density at radius 1 is 0.757 bits per heavy atom. The van der Waals surface area contributed by atoms with Crippen molar-refractivity contribution < 1.29 is 42.7 Å².